The molecule has 0 bridgehead atoms. The Morgan fingerprint density at radius 2 is 2.06 bits per heavy atom. The highest BCUT2D eigenvalue weighted by Crippen LogP contribution is 2.40. The largest absolute Gasteiger partial charge is 0.384 e. The van der Waals surface area contributed by atoms with Gasteiger partial charge in [-0.05, 0) is 55.6 Å². The molecule has 2 nitrogen and oxygen atoms in total. The van der Waals surface area contributed by atoms with Crippen LogP contribution in [0, 0.1) is 5.92 Å². The van der Waals surface area contributed by atoms with Crippen LogP contribution in [0.1, 0.15) is 31.4 Å². The van der Waals surface area contributed by atoms with Crippen molar-refractivity contribution in [2.75, 3.05) is 25.0 Å². The molecule has 17 heavy (non-hydrogen) atoms. The van der Waals surface area contributed by atoms with E-state index >= 15 is 0 Å². The first-order valence-electron chi connectivity index (χ1n) is 6.53. The van der Waals surface area contributed by atoms with Gasteiger partial charge in [-0.1, -0.05) is 18.5 Å². The van der Waals surface area contributed by atoms with Gasteiger partial charge < -0.3 is 5.32 Å². The molecular formula is C14H19ClN2. The van der Waals surface area contributed by atoms with Crippen LogP contribution in [0.5, 0.6) is 0 Å². The number of fused-ring (bicyclic) bond motifs is 1. The zero-order valence-electron chi connectivity index (χ0n) is 10.2. The van der Waals surface area contributed by atoms with E-state index in [4.69, 9.17) is 11.6 Å². The minimum absolute atomic E-state index is 0.549. The fraction of sp³-hybridized carbons (Fsp3) is 0.571. The summed E-state index contributed by atoms with van der Waals surface area (Å²) < 4.78 is 0. The summed E-state index contributed by atoms with van der Waals surface area (Å²) in [6.07, 6.45) is 2.68. The molecule has 1 aromatic rings. The molecule has 1 aromatic carbocycles. The molecule has 0 radical (unpaired) electrons. The highest BCUT2D eigenvalue weighted by atomic mass is 35.5. The van der Waals surface area contributed by atoms with Crippen LogP contribution in [-0.2, 0) is 0 Å². The summed E-state index contributed by atoms with van der Waals surface area (Å²) in [5.74, 6) is 0.652. The summed E-state index contributed by atoms with van der Waals surface area (Å²) in [6, 6.07) is 6.78. The topological polar surface area (TPSA) is 15.3 Å². The van der Waals surface area contributed by atoms with E-state index < -0.39 is 0 Å². The quantitative estimate of drug-likeness (QED) is 0.820. The number of benzene rings is 1. The van der Waals surface area contributed by atoms with Crippen LogP contribution < -0.4 is 5.32 Å². The van der Waals surface area contributed by atoms with E-state index in [1.807, 2.05) is 6.07 Å². The minimum Gasteiger partial charge on any atom is -0.384 e. The zero-order valence-corrected chi connectivity index (χ0v) is 11.0. The van der Waals surface area contributed by atoms with E-state index in [1.54, 1.807) is 0 Å². The maximum atomic E-state index is 6.15. The number of hydrogen-bond acceptors (Lipinski definition) is 2. The van der Waals surface area contributed by atoms with Crippen molar-refractivity contribution in [2.24, 2.45) is 5.92 Å². The van der Waals surface area contributed by atoms with Crippen LogP contribution in [0.4, 0.5) is 5.69 Å². The van der Waals surface area contributed by atoms with Gasteiger partial charge in [0.2, 0.25) is 0 Å². The molecule has 1 fully saturated rings. The van der Waals surface area contributed by atoms with E-state index in [2.05, 4.69) is 29.3 Å². The Bertz CT molecular complexity index is 413. The summed E-state index contributed by atoms with van der Waals surface area (Å²) in [6.45, 7) is 5.87. The number of rotatable bonds is 1. The molecule has 0 spiro atoms. The van der Waals surface area contributed by atoms with Gasteiger partial charge >= 0.3 is 0 Å². The fourth-order valence-electron chi connectivity index (χ4n) is 3.20. The first-order valence-corrected chi connectivity index (χ1v) is 6.91. The summed E-state index contributed by atoms with van der Waals surface area (Å²) in [4.78, 5) is 2.63. The molecule has 2 heterocycles. The highest BCUT2D eigenvalue weighted by molar-refractivity contribution is 6.30. The molecule has 2 aliphatic rings. The summed E-state index contributed by atoms with van der Waals surface area (Å²) in [7, 11) is 0. The van der Waals surface area contributed by atoms with Crippen LogP contribution >= 0.6 is 11.6 Å². The van der Waals surface area contributed by atoms with Crippen molar-refractivity contribution in [3.63, 3.8) is 0 Å². The SMILES string of the molecule is CC1CNc2ccc(Cl)cc2C1N1CCCC1. The first kappa shape index (κ1) is 11.4. The number of halogens is 1. The lowest BCUT2D eigenvalue weighted by molar-refractivity contribution is 0.185. The molecule has 1 saturated heterocycles. The van der Waals surface area contributed by atoms with E-state index in [0.717, 1.165) is 11.6 Å². The first-order chi connectivity index (χ1) is 8.25. The monoisotopic (exact) mass is 250 g/mol. The van der Waals surface area contributed by atoms with Gasteiger partial charge in [0.1, 0.15) is 0 Å². The molecule has 3 heteroatoms. The third kappa shape index (κ3) is 2.04. The molecule has 0 aromatic heterocycles. The van der Waals surface area contributed by atoms with E-state index in [-0.39, 0.29) is 0 Å². The molecule has 2 atom stereocenters. The van der Waals surface area contributed by atoms with E-state index in [1.165, 1.54) is 37.2 Å². The van der Waals surface area contributed by atoms with Crippen molar-refractivity contribution in [2.45, 2.75) is 25.8 Å². The third-order valence-corrected chi connectivity index (χ3v) is 4.25. The predicted octanol–water partition coefficient (Wildman–Crippen LogP) is 3.54. The molecule has 3 rings (SSSR count). The van der Waals surface area contributed by atoms with Crippen LogP contribution in [0.2, 0.25) is 5.02 Å². The summed E-state index contributed by atoms with van der Waals surface area (Å²) >= 11 is 6.15. The number of likely N-dealkylation sites (tertiary alicyclic amines) is 1. The zero-order chi connectivity index (χ0) is 11.8. The molecule has 0 amide bonds. The highest BCUT2D eigenvalue weighted by Gasteiger charge is 2.32. The lowest BCUT2D eigenvalue weighted by Gasteiger charge is -2.38. The predicted molar refractivity (Wildman–Crippen MR) is 72.7 cm³/mol. The fourth-order valence-corrected chi connectivity index (χ4v) is 3.39. The van der Waals surface area contributed by atoms with Gasteiger partial charge in [0, 0.05) is 23.3 Å². The molecule has 0 aliphatic carbocycles. The van der Waals surface area contributed by atoms with Gasteiger partial charge in [-0.25, -0.2) is 0 Å². The Balaban J connectivity index is 1.99. The van der Waals surface area contributed by atoms with Crippen LogP contribution in [0.3, 0.4) is 0 Å². The number of nitrogens with zero attached hydrogens (tertiary/aromatic N) is 1. The second-order valence-electron chi connectivity index (χ2n) is 5.28. The van der Waals surface area contributed by atoms with Gasteiger partial charge in [0.05, 0.1) is 0 Å². The standard InChI is InChI=1S/C14H19ClN2/c1-10-9-16-13-5-4-11(15)8-12(13)14(10)17-6-2-3-7-17/h4-5,8,10,14,16H,2-3,6-7,9H2,1H3. The molecule has 2 unspecified atom stereocenters. The molecule has 0 saturated carbocycles. The Labute approximate surface area is 108 Å². The Kier molecular flexibility index (Phi) is 3.01. The van der Waals surface area contributed by atoms with Gasteiger partial charge in [-0.2, -0.15) is 0 Å². The van der Waals surface area contributed by atoms with Crippen LogP contribution in [-0.4, -0.2) is 24.5 Å². The van der Waals surface area contributed by atoms with Crippen molar-refractivity contribution in [3.8, 4) is 0 Å². The average molecular weight is 251 g/mol. The maximum Gasteiger partial charge on any atom is 0.0411 e. The number of hydrogen-bond donors (Lipinski definition) is 1. The maximum absolute atomic E-state index is 6.15. The van der Waals surface area contributed by atoms with E-state index in [9.17, 15) is 0 Å². The van der Waals surface area contributed by atoms with Gasteiger partial charge in [-0.3, -0.25) is 4.90 Å². The minimum atomic E-state index is 0.549. The second-order valence-corrected chi connectivity index (χ2v) is 5.71. The van der Waals surface area contributed by atoms with Crippen molar-refractivity contribution in [1.82, 2.24) is 4.90 Å². The second kappa shape index (κ2) is 4.51. The number of anilines is 1. The Morgan fingerprint density at radius 1 is 1.29 bits per heavy atom. The lowest BCUT2D eigenvalue weighted by atomic mass is 9.88. The Hall–Kier alpha value is -0.730. The van der Waals surface area contributed by atoms with Gasteiger partial charge in [0.25, 0.3) is 0 Å². The number of nitrogens with one attached hydrogen (secondary N) is 1. The average Bonchev–Trinajstić information content (AvgIpc) is 2.82. The molecule has 1 N–H and O–H groups in total. The smallest absolute Gasteiger partial charge is 0.0411 e. The van der Waals surface area contributed by atoms with Crippen LogP contribution in [0.15, 0.2) is 18.2 Å². The van der Waals surface area contributed by atoms with Crippen molar-refractivity contribution >= 4 is 17.3 Å². The Morgan fingerprint density at radius 3 is 2.82 bits per heavy atom. The summed E-state index contributed by atoms with van der Waals surface area (Å²) in [5, 5.41) is 4.36. The third-order valence-electron chi connectivity index (χ3n) is 4.02. The van der Waals surface area contributed by atoms with Crippen LogP contribution in [0.25, 0.3) is 0 Å². The van der Waals surface area contributed by atoms with E-state index in [0.29, 0.717) is 12.0 Å². The summed E-state index contributed by atoms with van der Waals surface area (Å²) in [5.41, 5.74) is 2.66. The lowest BCUT2D eigenvalue weighted by Crippen LogP contribution is -2.37. The van der Waals surface area contributed by atoms with Crippen molar-refractivity contribution in [1.29, 1.82) is 0 Å². The molecule has 92 valence electrons. The molecule has 2 aliphatic heterocycles. The van der Waals surface area contributed by atoms with Crippen molar-refractivity contribution < 1.29 is 0 Å². The van der Waals surface area contributed by atoms with Gasteiger partial charge in [0.15, 0.2) is 0 Å². The van der Waals surface area contributed by atoms with Gasteiger partial charge in [-0.15, -0.1) is 0 Å². The van der Waals surface area contributed by atoms with Crippen molar-refractivity contribution in [3.05, 3.63) is 28.8 Å². The normalized spacial score (nSPS) is 28.8. The molecular weight excluding hydrogens is 232 g/mol.